The first-order valence-corrected chi connectivity index (χ1v) is 7.38. The maximum absolute atomic E-state index is 13.0. The van der Waals surface area contributed by atoms with Gasteiger partial charge in [-0.25, -0.2) is 8.78 Å². The standard InChI is InChI=1S/C14H13Cl2F2NO2/c15-9-1-2-10(20)12(13(9)16)7-3-11(21)19(6-7)8-4-14(17,18)5-8/h1-2,7-8,20H,3-6H2. The average molecular weight is 336 g/mol. The van der Waals surface area contributed by atoms with Crippen molar-refractivity contribution in [2.45, 2.75) is 37.1 Å². The molecule has 1 atom stereocenters. The van der Waals surface area contributed by atoms with Gasteiger partial charge in [0.2, 0.25) is 5.91 Å². The topological polar surface area (TPSA) is 40.5 Å². The van der Waals surface area contributed by atoms with Gasteiger partial charge in [-0.2, -0.15) is 0 Å². The van der Waals surface area contributed by atoms with Crippen molar-refractivity contribution in [2.75, 3.05) is 6.54 Å². The van der Waals surface area contributed by atoms with Crippen molar-refractivity contribution in [1.29, 1.82) is 0 Å². The lowest BCUT2D eigenvalue weighted by molar-refractivity contribution is -0.148. The lowest BCUT2D eigenvalue weighted by Crippen LogP contribution is -2.51. The molecule has 1 aromatic rings. The van der Waals surface area contributed by atoms with Crippen LogP contribution in [0, 0.1) is 0 Å². The summed E-state index contributed by atoms with van der Waals surface area (Å²) in [5.41, 5.74) is 0.422. The number of phenolic OH excluding ortho intramolecular Hbond substituents is 1. The molecule has 21 heavy (non-hydrogen) atoms. The van der Waals surface area contributed by atoms with Crippen LogP contribution in [0.15, 0.2) is 12.1 Å². The Morgan fingerprint density at radius 3 is 2.57 bits per heavy atom. The third-order valence-electron chi connectivity index (χ3n) is 4.19. The molecule has 2 fully saturated rings. The number of alkyl halides is 2. The summed E-state index contributed by atoms with van der Waals surface area (Å²) in [6.07, 6.45) is -0.433. The van der Waals surface area contributed by atoms with Crippen molar-refractivity contribution in [3.63, 3.8) is 0 Å². The number of benzene rings is 1. The molecule has 1 saturated carbocycles. The molecule has 114 valence electrons. The monoisotopic (exact) mass is 335 g/mol. The van der Waals surface area contributed by atoms with Gasteiger partial charge < -0.3 is 10.0 Å². The van der Waals surface area contributed by atoms with Gasteiger partial charge in [0.15, 0.2) is 0 Å². The molecule has 2 aliphatic rings. The molecule has 1 unspecified atom stereocenters. The second-order valence-electron chi connectivity index (χ2n) is 5.66. The molecule has 1 aliphatic heterocycles. The largest absolute Gasteiger partial charge is 0.508 e. The zero-order valence-corrected chi connectivity index (χ0v) is 12.5. The highest BCUT2D eigenvalue weighted by atomic mass is 35.5. The molecule has 1 heterocycles. The molecule has 7 heteroatoms. The predicted molar refractivity (Wildman–Crippen MR) is 75.2 cm³/mol. The van der Waals surface area contributed by atoms with E-state index in [1.54, 1.807) is 0 Å². The Morgan fingerprint density at radius 1 is 1.29 bits per heavy atom. The fourth-order valence-corrected chi connectivity index (χ4v) is 3.55. The van der Waals surface area contributed by atoms with Crippen LogP contribution in [0.4, 0.5) is 8.78 Å². The summed E-state index contributed by atoms with van der Waals surface area (Å²) in [6, 6.07) is 2.48. The van der Waals surface area contributed by atoms with Gasteiger partial charge in [0.25, 0.3) is 5.92 Å². The van der Waals surface area contributed by atoms with Crippen LogP contribution in [0.3, 0.4) is 0 Å². The van der Waals surface area contributed by atoms with Crippen LogP contribution in [-0.4, -0.2) is 34.4 Å². The Morgan fingerprint density at radius 2 is 1.95 bits per heavy atom. The smallest absolute Gasteiger partial charge is 0.252 e. The molecular weight excluding hydrogens is 323 g/mol. The SMILES string of the molecule is O=C1CC(c2c(O)ccc(Cl)c2Cl)CN1C1CC(F)(F)C1. The van der Waals surface area contributed by atoms with E-state index in [0.29, 0.717) is 10.6 Å². The number of likely N-dealkylation sites (tertiary alicyclic amines) is 1. The Balaban J connectivity index is 1.81. The van der Waals surface area contributed by atoms with Gasteiger partial charge in [0, 0.05) is 43.3 Å². The number of carbonyl (C=O) groups is 1. The molecule has 0 radical (unpaired) electrons. The fraction of sp³-hybridized carbons (Fsp3) is 0.500. The predicted octanol–water partition coefficient (Wildman–Crippen LogP) is 3.81. The number of halogens is 4. The lowest BCUT2D eigenvalue weighted by atomic mass is 9.87. The van der Waals surface area contributed by atoms with Gasteiger partial charge in [0.05, 0.1) is 10.0 Å². The minimum Gasteiger partial charge on any atom is -0.508 e. The van der Waals surface area contributed by atoms with Gasteiger partial charge in [0.1, 0.15) is 5.75 Å². The number of carbonyl (C=O) groups excluding carboxylic acids is 1. The first kappa shape index (κ1) is 14.9. The highest BCUT2D eigenvalue weighted by molar-refractivity contribution is 6.42. The van der Waals surface area contributed by atoms with Crippen LogP contribution < -0.4 is 0 Å². The van der Waals surface area contributed by atoms with Crippen molar-refractivity contribution in [1.82, 2.24) is 4.90 Å². The third-order valence-corrected chi connectivity index (χ3v) is 5.00. The molecule has 3 nitrogen and oxygen atoms in total. The lowest BCUT2D eigenvalue weighted by Gasteiger charge is -2.40. The molecule has 3 rings (SSSR count). The molecule has 1 N–H and O–H groups in total. The normalized spacial score (nSPS) is 25.2. The Labute approximate surface area is 130 Å². The van der Waals surface area contributed by atoms with Crippen molar-refractivity contribution < 1.29 is 18.7 Å². The van der Waals surface area contributed by atoms with Gasteiger partial charge in [-0.15, -0.1) is 0 Å². The van der Waals surface area contributed by atoms with Crippen LogP contribution in [-0.2, 0) is 4.79 Å². The molecule has 0 bridgehead atoms. The second kappa shape index (κ2) is 4.99. The van der Waals surface area contributed by atoms with Crippen molar-refractivity contribution in [2.24, 2.45) is 0 Å². The van der Waals surface area contributed by atoms with E-state index in [2.05, 4.69) is 0 Å². The minimum atomic E-state index is -2.67. The Bertz CT molecular complexity index is 601. The number of nitrogens with zero attached hydrogens (tertiary/aromatic N) is 1. The van der Waals surface area contributed by atoms with E-state index < -0.39 is 12.0 Å². The first-order chi connectivity index (χ1) is 9.78. The summed E-state index contributed by atoms with van der Waals surface area (Å²) < 4.78 is 25.9. The van der Waals surface area contributed by atoms with Gasteiger partial charge in [-0.1, -0.05) is 23.2 Å². The summed E-state index contributed by atoms with van der Waals surface area (Å²) in [7, 11) is 0. The van der Waals surface area contributed by atoms with Crippen molar-refractivity contribution in [3.8, 4) is 5.75 Å². The van der Waals surface area contributed by atoms with E-state index >= 15 is 0 Å². The molecule has 1 amide bonds. The Hall–Kier alpha value is -1.07. The van der Waals surface area contributed by atoms with E-state index in [1.807, 2.05) is 0 Å². The summed E-state index contributed by atoms with van der Waals surface area (Å²) >= 11 is 12.0. The van der Waals surface area contributed by atoms with Crippen LogP contribution in [0.1, 0.15) is 30.7 Å². The second-order valence-corrected chi connectivity index (χ2v) is 6.44. The van der Waals surface area contributed by atoms with E-state index in [4.69, 9.17) is 23.2 Å². The van der Waals surface area contributed by atoms with Gasteiger partial charge in [-0.05, 0) is 12.1 Å². The fourth-order valence-electron chi connectivity index (χ4n) is 3.07. The zero-order valence-electron chi connectivity index (χ0n) is 11.0. The summed E-state index contributed by atoms with van der Waals surface area (Å²) in [5.74, 6) is -3.20. The number of hydrogen-bond donors (Lipinski definition) is 1. The van der Waals surface area contributed by atoms with Crippen LogP contribution in [0.2, 0.25) is 10.0 Å². The number of phenols is 1. The number of hydrogen-bond acceptors (Lipinski definition) is 2. The zero-order chi connectivity index (χ0) is 15.4. The number of amides is 1. The molecule has 1 aliphatic carbocycles. The summed E-state index contributed by atoms with van der Waals surface area (Å²) in [4.78, 5) is 13.5. The molecular formula is C14H13Cl2F2NO2. The van der Waals surface area contributed by atoms with E-state index in [0.717, 1.165) is 0 Å². The Kier molecular flexibility index (Phi) is 3.53. The highest BCUT2D eigenvalue weighted by Crippen LogP contribution is 2.46. The van der Waals surface area contributed by atoms with Crippen LogP contribution >= 0.6 is 23.2 Å². The van der Waals surface area contributed by atoms with Crippen molar-refractivity contribution >= 4 is 29.1 Å². The molecule has 1 saturated heterocycles. The van der Waals surface area contributed by atoms with Crippen LogP contribution in [0.5, 0.6) is 5.75 Å². The van der Waals surface area contributed by atoms with E-state index in [1.165, 1.54) is 17.0 Å². The van der Waals surface area contributed by atoms with E-state index in [-0.39, 0.29) is 48.4 Å². The maximum Gasteiger partial charge on any atom is 0.252 e. The quantitative estimate of drug-likeness (QED) is 0.892. The minimum absolute atomic E-state index is 0.0250. The molecule has 1 aromatic carbocycles. The average Bonchev–Trinajstić information content (AvgIpc) is 2.73. The van der Waals surface area contributed by atoms with Crippen LogP contribution in [0.25, 0.3) is 0 Å². The maximum atomic E-state index is 13.0. The van der Waals surface area contributed by atoms with Gasteiger partial charge >= 0.3 is 0 Å². The third kappa shape index (κ3) is 2.57. The molecule has 0 spiro atoms. The first-order valence-electron chi connectivity index (χ1n) is 6.62. The van der Waals surface area contributed by atoms with Gasteiger partial charge in [-0.3, -0.25) is 4.79 Å². The highest BCUT2D eigenvalue weighted by Gasteiger charge is 2.51. The summed E-state index contributed by atoms with van der Waals surface area (Å²) in [5, 5.41) is 10.5. The van der Waals surface area contributed by atoms with E-state index in [9.17, 15) is 18.7 Å². The van der Waals surface area contributed by atoms with Crippen molar-refractivity contribution in [3.05, 3.63) is 27.7 Å². The summed E-state index contributed by atoms with van der Waals surface area (Å²) in [6.45, 7) is 0.285. The number of rotatable bonds is 2. The number of aromatic hydroxyl groups is 1. The molecule has 0 aromatic heterocycles.